The minimum Gasteiger partial charge on any atom is -0.497 e. The molecular formula is C17H26O3. The first-order chi connectivity index (χ1) is 9.52. The lowest BCUT2D eigenvalue weighted by Gasteiger charge is -2.38. The molecule has 1 aromatic carbocycles. The van der Waals surface area contributed by atoms with E-state index in [1.54, 1.807) is 7.11 Å². The molecule has 0 spiro atoms. The van der Waals surface area contributed by atoms with Crippen molar-refractivity contribution >= 4 is 0 Å². The molecule has 1 N–H and O–H groups in total. The Hall–Kier alpha value is -1.06. The zero-order valence-corrected chi connectivity index (χ0v) is 12.8. The van der Waals surface area contributed by atoms with Crippen molar-refractivity contribution in [1.29, 1.82) is 0 Å². The normalized spacial score (nSPS) is 26.8. The van der Waals surface area contributed by atoms with Crippen LogP contribution in [-0.2, 0) is 11.2 Å². The Labute approximate surface area is 121 Å². The number of benzene rings is 1. The van der Waals surface area contributed by atoms with Gasteiger partial charge >= 0.3 is 0 Å². The van der Waals surface area contributed by atoms with Crippen molar-refractivity contribution in [2.45, 2.75) is 51.2 Å². The molecule has 1 aliphatic rings. The summed E-state index contributed by atoms with van der Waals surface area (Å²) in [5.41, 5.74) is 0.666. The number of rotatable bonds is 5. The van der Waals surface area contributed by atoms with E-state index in [0.717, 1.165) is 31.4 Å². The van der Waals surface area contributed by atoms with Crippen molar-refractivity contribution in [2.75, 3.05) is 13.7 Å². The number of aliphatic hydroxyl groups is 1. The summed E-state index contributed by atoms with van der Waals surface area (Å²) < 4.78 is 10.9. The molecule has 1 heterocycles. The lowest BCUT2D eigenvalue weighted by molar-refractivity contribution is -0.119. The first-order valence-electron chi connectivity index (χ1n) is 7.49. The average Bonchev–Trinajstić information content (AvgIpc) is 2.46. The molecule has 0 aromatic heterocycles. The molecule has 20 heavy (non-hydrogen) atoms. The standard InChI is InChI=1S/C17H26O3/c1-13(2)16-12-17(18,10-11-20-16)9-8-14-4-6-15(19-3)7-5-14/h4-7,13,16,18H,8-12H2,1-3H3. The molecule has 1 aromatic rings. The minimum absolute atomic E-state index is 0.185. The van der Waals surface area contributed by atoms with Crippen LogP contribution in [0.25, 0.3) is 0 Å². The van der Waals surface area contributed by atoms with E-state index in [4.69, 9.17) is 9.47 Å². The van der Waals surface area contributed by atoms with Gasteiger partial charge in [0.2, 0.25) is 0 Å². The van der Waals surface area contributed by atoms with Crippen LogP contribution in [0.3, 0.4) is 0 Å². The highest BCUT2D eigenvalue weighted by atomic mass is 16.5. The summed E-state index contributed by atoms with van der Waals surface area (Å²) in [7, 11) is 1.67. The van der Waals surface area contributed by atoms with Crippen LogP contribution in [0.1, 0.15) is 38.7 Å². The molecule has 1 fully saturated rings. The van der Waals surface area contributed by atoms with E-state index in [1.807, 2.05) is 12.1 Å². The highest BCUT2D eigenvalue weighted by molar-refractivity contribution is 5.27. The Morgan fingerprint density at radius 3 is 2.65 bits per heavy atom. The van der Waals surface area contributed by atoms with E-state index in [-0.39, 0.29) is 6.10 Å². The average molecular weight is 278 g/mol. The zero-order valence-electron chi connectivity index (χ0n) is 12.8. The minimum atomic E-state index is -0.576. The van der Waals surface area contributed by atoms with Crippen LogP contribution in [0.5, 0.6) is 5.75 Å². The molecule has 3 heteroatoms. The van der Waals surface area contributed by atoms with Gasteiger partial charge in [-0.3, -0.25) is 0 Å². The quantitative estimate of drug-likeness (QED) is 0.899. The number of hydrogen-bond acceptors (Lipinski definition) is 3. The van der Waals surface area contributed by atoms with Crippen molar-refractivity contribution in [2.24, 2.45) is 5.92 Å². The van der Waals surface area contributed by atoms with E-state index in [2.05, 4.69) is 26.0 Å². The first-order valence-corrected chi connectivity index (χ1v) is 7.49. The molecule has 0 saturated carbocycles. The van der Waals surface area contributed by atoms with Gasteiger partial charge in [-0.25, -0.2) is 0 Å². The summed E-state index contributed by atoms with van der Waals surface area (Å²) in [4.78, 5) is 0. The van der Waals surface area contributed by atoms with Crippen molar-refractivity contribution < 1.29 is 14.6 Å². The van der Waals surface area contributed by atoms with Crippen LogP contribution in [-0.4, -0.2) is 30.5 Å². The van der Waals surface area contributed by atoms with Crippen molar-refractivity contribution in [3.63, 3.8) is 0 Å². The molecule has 2 unspecified atom stereocenters. The monoisotopic (exact) mass is 278 g/mol. The van der Waals surface area contributed by atoms with Crippen LogP contribution < -0.4 is 4.74 Å². The second-order valence-corrected chi connectivity index (χ2v) is 6.18. The van der Waals surface area contributed by atoms with Gasteiger partial charge in [0.05, 0.1) is 18.8 Å². The summed E-state index contributed by atoms with van der Waals surface area (Å²) in [6.07, 6.45) is 3.37. The Kier molecular flexibility index (Phi) is 5.06. The van der Waals surface area contributed by atoms with E-state index in [1.165, 1.54) is 5.56 Å². The largest absolute Gasteiger partial charge is 0.497 e. The van der Waals surface area contributed by atoms with E-state index in [0.29, 0.717) is 12.5 Å². The maximum Gasteiger partial charge on any atom is 0.118 e. The van der Waals surface area contributed by atoms with Crippen molar-refractivity contribution in [1.82, 2.24) is 0 Å². The number of hydrogen-bond donors (Lipinski definition) is 1. The van der Waals surface area contributed by atoms with Gasteiger partial charge in [-0.1, -0.05) is 26.0 Å². The van der Waals surface area contributed by atoms with Crippen molar-refractivity contribution in [3.8, 4) is 5.75 Å². The Morgan fingerprint density at radius 2 is 2.05 bits per heavy atom. The Morgan fingerprint density at radius 1 is 1.35 bits per heavy atom. The van der Waals surface area contributed by atoms with Gasteiger partial charge in [0.15, 0.2) is 0 Å². The predicted octanol–water partition coefficient (Wildman–Crippen LogP) is 3.19. The molecule has 1 aliphatic heterocycles. The summed E-state index contributed by atoms with van der Waals surface area (Å²) in [6.45, 7) is 4.97. The Bertz CT molecular complexity index is 413. The molecule has 0 aliphatic carbocycles. The number of ether oxygens (including phenoxy) is 2. The number of aryl methyl sites for hydroxylation is 1. The maximum absolute atomic E-state index is 10.7. The molecule has 2 rings (SSSR count). The fraction of sp³-hybridized carbons (Fsp3) is 0.647. The van der Waals surface area contributed by atoms with Gasteiger partial charge in [-0.15, -0.1) is 0 Å². The molecule has 0 radical (unpaired) electrons. The zero-order chi connectivity index (χ0) is 14.6. The smallest absolute Gasteiger partial charge is 0.118 e. The SMILES string of the molecule is COc1ccc(CCC2(O)CCOC(C(C)C)C2)cc1. The number of methoxy groups -OCH3 is 1. The van der Waals surface area contributed by atoms with Crippen LogP contribution >= 0.6 is 0 Å². The van der Waals surface area contributed by atoms with Gasteiger partial charge in [0.1, 0.15) is 5.75 Å². The van der Waals surface area contributed by atoms with Crippen molar-refractivity contribution in [3.05, 3.63) is 29.8 Å². The molecule has 0 amide bonds. The molecule has 3 nitrogen and oxygen atoms in total. The van der Waals surface area contributed by atoms with Crippen LogP contribution in [0.15, 0.2) is 24.3 Å². The third-order valence-corrected chi connectivity index (χ3v) is 4.26. The second-order valence-electron chi connectivity index (χ2n) is 6.18. The van der Waals surface area contributed by atoms with Crippen LogP contribution in [0.2, 0.25) is 0 Å². The van der Waals surface area contributed by atoms with Gasteiger partial charge in [0, 0.05) is 13.0 Å². The third-order valence-electron chi connectivity index (χ3n) is 4.26. The Balaban J connectivity index is 1.91. The molecule has 0 bridgehead atoms. The third kappa shape index (κ3) is 3.97. The molecular weight excluding hydrogens is 252 g/mol. The van der Waals surface area contributed by atoms with Crippen LogP contribution in [0, 0.1) is 5.92 Å². The van der Waals surface area contributed by atoms with Gasteiger partial charge in [-0.2, -0.15) is 0 Å². The summed E-state index contributed by atoms with van der Waals surface area (Å²) >= 11 is 0. The lowest BCUT2D eigenvalue weighted by atomic mass is 9.82. The second kappa shape index (κ2) is 6.59. The first kappa shape index (κ1) is 15.3. The maximum atomic E-state index is 10.7. The summed E-state index contributed by atoms with van der Waals surface area (Å²) in [5, 5.41) is 10.7. The van der Waals surface area contributed by atoms with Gasteiger partial charge in [-0.05, 0) is 42.9 Å². The van der Waals surface area contributed by atoms with E-state index in [9.17, 15) is 5.11 Å². The van der Waals surface area contributed by atoms with E-state index < -0.39 is 5.60 Å². The van der Waals surface area contributed by atoms with E-state index >= 15 is 0 Å². The molecule has 2 atom stereocenters. The molecule has 1 saturated heterocycles. The fourth-order valence-electron chi connectivity index (χ4n) is 2.76. The highest BCUT2D eigenvalue weighted by Crippen LogP contribution is 2.32. The van der Waals surface area contributed by atoms with Gasteiger partial charge < -0.3 is 14.6 Å². The summed E-state index contributed by atoms with van der Waals surface area (Å²) in [5.74, 6) is 1.33. The van der Waals surface area contributed by atoms with Gasteiger partial charge in [0.25, 0.3) is 0 Å². The van der Waals surface area contributed by atoms with Crippen LogP contribution in [0.4, 0.5) is 0 Å². The topological polar surface area (TPSA) is 38.7 Å². The molecule has 112 valence electrons. The predicted molar refractivity (Wildman–Crippen MR) is 80.1 cm³/mol. The summed E-state index contributed by atoms with van der Waals surface area (Å²) in [6, 6.07) is 8.09. The lowest BCUT2D eigenvalue weighted by Crippen LogP contribution is -2.43. The highest BCUT2D eigenvalue weighted by Gasteiger charge is 2.35. The fourth-order valence-corrected chi connectivity index (χ4v) is 2.76.